The molecule has 1 N–H and O–H groups in total. The van der Waals surface area contributed by atoms with Crippen molar-refractivity contribution in [2.24, 2.45) is 5.10 Å². The van der Waals surface area contributed by atoms with Crippen molar-refractivity contribution in [3.8, 4) is 11.5 Å². The fourth-order valence-corrected chi connectivity index (χ4v) is 3.52. The summed E-state index contributed by atoms with van der Waals surface area (Å²) in [7, 11) is -1.24. The first kappa shape index (κ1) is 20.2. The van der Waals surface area contributed by atoms with Gasteiger partial charge in [0.1, 0.15) is 0 Å². The minimum atomic E-state index is -3.87. The van der Waals surface area contributed by atoms with Crippen molar-refractivity contribution in [2.45, 2.75) is 18.7 Å². The van der Waals surface area contributed by atoms with Gasteiger partial charge in [-0.15, -0.1) is 0 Å². The molecule has 144 valence electrons. The normalized spacial score (nSPS) is 11.4. The van der Waals surface area contributed by atoms with Crippen molar-refractivity contribution >= 4 is 21.9 Å². The zero-order valence-corrected chi connectivity index (χ0v) is 16.0. The molecule has 27 heavy (non-hydrogen) atoms. The van der Waals surface area contributed by atoms with Crippen molar-refractivity contribution in [3.05, 3.63) is 57.1 Å². The van der Waals surface area contributed by atoms with Gasteiger partial charge in [0.15, 0.2) is 5.75 Å². The number of nitro groups is 1. The highest BCUT2D eigenvalue weighted by atomic mass is 32.2. The molecular formula is C17H19N3O6S. The molecule has 0 aliphatic carbocycles. The minimum Gasteiger partial charge on any atom is -0.493 e. The van der Waals surface area contributed by atoms with Gasteiger partial charge >= 0.3 is 5.69 Å². The lowest BCUT2D eigenvalue weighted by Crippen LogP contribution is -2.19. The molecule has 2 rings (SSSR count). The van der Waals surface area contributed by atoms with Crippen LogP contribution in [-0.2, 0) is 10.0 Å². The summed E-state index contributed by atoms with van der Waals surface area (Å²) >= 11 is 0. The summed E-state index contributed by atoms with van der Waals surface area (Å²) in [6.07, 6.45) is 1.15. The Morgan fingerprint density at radius 2 is 1.85 bits per heavy atom. The summed E-state index contributed by atoms with van der Waals surface area (Å²) in [6.45, 7) is 3.54. The third-order valence-electron chi connectivity index (χ3n) is 3.68. The van der Waals surface area contributed by atoms with Crippen molar-refractivity contribution in [1.82, 2.24) is 4.83 Å². The Bertz CT molecular complexity index is 1000. The van der Waals surface area contributed by atoms with E-state index in [2.05, 4.69) is 9.93 Å². The van der Waals surface area contributed by atoms with Gasteiger partial charge in [0.25, 0.3) is 10.0 Å². The van der Waals surface area contributed by atoms with E-state index in [1.165, 1.54) is 32.4 Å². The first-order valence-corrected chi connectivity index (χ1v) is 9.20. The van der Waals surface area contributed by atoms with Crippen LogP contribution < -0.4 is 14.3 Å². The zero-order chi connectivity index (χ0) is 20.2. The second-order valence-corrected chi connectivity index (χ2v) is 7.28. The highest BCUT2D eigenvalue weighted by Crippen LogP contribution is 2.37. The summed E-state index contributed by atoms with van der Waals surface area (Å²) in [5, 5.41) is 14.9. The highest BCUT2D eigenvalue weighted by Gasteiger charge is 2.21. The molecule has 0 bridgehead atoms. The fourth-order valence-electron chi connectivity index (χ4n) is 2.50. The molecule has 0 fully saturated rings. The maximum absolute atomic E-state index is 12.4. The maximum atomic E-state index is 12.4. The average Bonchev–Trinajstić information content (AvgIpc) is 2.60. The molecule has 0 heterocycles. The first-order chi connectivity index (χ1) is 12.7. The van der Waals surface area contributed by atoms with Crippen LogP contribution >= 0.6 is 0 Å². The lowest BCUT2D eigenvalue weighted by atomic mass is 10.2. The van der Waals surface area contributed by atoms with E-state index in [4.69, 9.17) is 9.47 Å². The Labute approximate surface area is 156 Å². The number of nitrogens with one attached hydrogen (secondary N) is 1. The van der Waals surface area contributed by atoms with Crippen molar-refractivity contribution in [1.29, 1.82) is 0 Å². The van der Waals surface area contributed by atoms with Crippen LogP contribution in [0.1, 0.15) is 16.7 Å². The van der Waals surface area contributed by atoms with Gasteiger partial charge < -0.3 is 9.47 Å². The minimum absolute atomic E-state index is 0.0319. The molecule has 0 spiro atoms. The van der Waals surface area contributed by atoms with Gasteiger partial charge in [0, 0.05) is 11.6 Å². The smallest absolute Gasteiger partial charge is 0.315 e. The second-order valence-electron chi connectivity index (χ2n) is 5.65. The maximum Gasteiger partial charge on any atom is 0.315 e. The number of rotatable bonds is 7. The Balaban J connectivity index is 2.32. The summed E-state index contributed by atoms with van der Waals surface area (Å²) in [6, 6.07) is 7.57. The molecule has 0 saturated carbocycles. The van der Waals surface area contributed by atoms with E-state index in [0.29, 0.717) is 5.56 Å². The first-order valence-electron chi connectivity index (χ1n) is 7.72. The summed E-state index contributed by atoms with van der Waals surface area (Å²) in [5.74, 6) is 0.0981. The van der Waals surface area contributed by atoms with Crippen LogP contribution in [0.4, 0.5) is 5.69 Å². The average molecular weight is 393 g/mol. The number of hydrogen-bond donors (Lipinski definition) is 1. The number of hydrogen-bond acceptors (Lipinski definition) is 7. The van der Waals surface area contributed by atoms with Crippen LogP contribution in [0, 0.1) is 24.0 Å². The monoisotopic (exact) mass is 393 g/mol. The third kappa shape index (κ3) is 4.53. The Hall–Kier alpha value is -3.14. The van der Waals surface area contributed by atoms with E-state index < -0.39 is 14.9 Å². The Morgan fingerprint density at radius 1 is 1.15 bits per heavy atom. The van der Waals surface area contributed by atoms with Gasteiger partial charge in [-0.25, -0.2) is 4.83 Å². The number of hydrazone groups is 1. The molecule has 9 nitrogen and oxygen atoms in total. The molecule has 0 unspecified atom stereocenters. The predicted octanol–water partition coefficient (Wildman–Crippen LogP) is 2.54. The number of nitro benzene ring substituents is 1. The topological polar surface area (TPSA) is 120 Å². The predicted molar refractivity (Wildman–Crippen MR) is 100 cm³/mol. The molecule has 2 aromatic carbocycles. The molecule has 0 atom stereocenters. The number of nitrogens with zero attached hydrogens (tertiary/aromatic N) is 2. The number of ether oxygens (including phenoxy) is 2. The molecule has 0 amide bonds. The number of sulfonamides is 1. The van der Waals surface area contributed by atoms with Crippen LogP contribution in [0.15, 0.2) is 40.3 Å². The third-order valence-corrected chi connectivity index (χ3v) is 5.07. The fraction of sp³-hybridized carbons (Fsp3) is 0.235. The number of aryl methyl sites for hydroxylation is 2. The van der Waals surface area contributed by atoms with Gasteiger partial charge in [-0.05, 0) is 31.5 Å². The Kier molecular flexibility index (Phi) is 6.01. The Morgan fingerprint density at radius 3 is 2.41 bits per heavy atom. The summed E-state index contributed by atoms with van der Waals surface area (Å²) < 4.78 is 34.8. The SMILES string of the molecule is COc1cc(/C=N/NS(=O)(=O)c2ccc(C)cc2C)cc([N+](=O)[O-])c1OC. The van der Waals surface area contributed by atoms with E-state index >= 15 is 0 Å². The van der Waals surface area contributed by atoms with E-state index in [-0.39, 0.29) is 27.6 Å². The van der Waals surface area contributed by atoms with Crippen LogP contribution in [0.3, 0.4) is 0 Å². The molecule has 0 aliphatic heterocycles. The molecule has 0 aliphatic rings. The van der Waals surface area contributed by atoms with Crippen molar-refractivity contribution < 1.29 is 22.8 Å². The van der Waals surface area contributed by atoms with Gasteiger partial charge in [-0.1, -0.05) is 17.7 Å². The van der Waals surface area contributed by atoms with E-state index in [1.54, 1.807) is 19.1 Å². The van der Waals surface area contributed by atoms with Gasteiger partial charge in [-0.3, -0.25) is 10.1 Å². The van der Waals surface area contributed by atoms with E-state index in [1.807, 2.05) is 6.92 Å². The van der Waals surface area contributed by atoms with Crippen molar-refractivity contribution in [3.63, 3.8) is 0 Å². The summed E-state index contributed by atoms with van der Waals surface area (Å²) in [4.78, 5) is 12.8. The molecule has 2 aromatic rings. The zero-order valence-electron chi connectivity index (χ0n) is 15.2. The highest BCUT2D eigenvalue weighted by molar-refractivity contribution is 7.89. The quantitative estimate of drug-likeness (QED) is 0.438. The number of methoxy groups -OCH3 is 2. The van der Waals surface area contributed by atoms with Gasteiger partial charge in [0.05, 0.1) is 30.3 Å². The van der Waals surface area contributed by atoms with Crippen LogP contribution in [0.25, 0.3) is 0 Å². The molecule has 0 saturated heterocycles. The van der Waals surface area contributed by atoms with Crippen LogP contribution in [-0.4, -0.2) is 33.8 Å². The molecule has 10 heteroatoms. The second kappa shape index (κ2) is 8.04. The molecule has 0 radical (unpaired) electrons. The van der Waals surface area contributed by atoms with Gasteiger partial charge in [-0.2, -0.15) is 13.5 Å². The molecular weight excluding hydrogens is 374 g/mol. The van der Waals surface area contributed by atoms with E-state index in [0.717, 1.165) is 11.8 Å². The molecule has 0 aromatic heterocycles. The number of benzene rings is 2. The van der Waals surface area contributed by atoms with Crippen LogP contribution in [0.5, 0.6) is 11.5 Å². The summed E-state index contributed by atoms with van der Waals surface area (Å²) in [5.41, 5.74) is 1.46. The van der Waals surface area contributed by atoms with Crippen molar-refractivity contribution in [2.75, 3.05) is 14.2 Å². The van der Waals surface area contributed by atoms with Gasteiger partial charge in [0.2, 0.25) is 5.75 Å². The lowest BCUT2D eigenvalue weighted by molar-refractivity contribution is -0.385. The largest absolute Gasteiger partial charge is 0.493 e. The van der Waals surface area contributed by atoms with E-state index in [9.17, 15) is 18.5 Å². The standard InChI is InChI=1S/C17H19N3O6S/c1-11-5-6-16(12(2)7-11)27(23,24)19-18-10-13-8-14(20(21)22)17(26-4)15(9-13)25-3/h5-10,19H,1-4H3/b18-10+. The van der Waals surface area contributed by atoms with Crippen LogP contribution in [0.2, 0.25) is 0 Å². The lowest BCUT2D eigenvalue weighted by Gasteiger charge is -2.09.